The molecule has 2 aliphatic rings. The number of Topliss-reactive ketones (excluding diaryl/α,β-unsaturated/α-hetero) is 2. The van der Waals surface area contributed by atoms with Gasteiger partial charge in [0.05, 0.1) is 0 Å². The summed E-state index contributed by atoms with van der Waals surface area (Å²) in [4.78, 5) is 47.5. The van der Waals surface area contributed by atoms with Gasteiger partial charge in [-0.15, -0.1) is 0 Å². The number of alkyl halides is 6. The third-order valence-electron chi connectivity index (χ3n) is 8.29. The monoisotopic (exact) mass is 709 g/mol. The Labute approximate surface area is 283 Å². The van der Waals surface area contributed by atoms with Gasteiger partial charge in [0.15, 0.2) is 0 Å². The number of carbonyl (C=O) groups excluding carboxylic acids is 2. The van der Waals surface area contributed by atoms with Crippen LogP contribution in [-0.4, -0.2) is 82.2 Å². The van der Waals surface area contributed by atoms with E-state index in [0.717, 1.165) is 68.1 Å². The van der Waals surface area contributed by atoms with Crippen LogP contribution in [0.3, 0.4) is 0 Å². The third-order valence-corrected chi connectivity index (χ3v) is 8.29. The first-order valence-corrected chi connectivity index (χ1v) is 16.0. The standard InChI is InChI=1S/C29H37N7O2.C4F6O2/c1-2-23-27(32-18-25(29(37)38)31-17-20-7-4-3-5-8-20)33-19-34-28(23)36-15-12-21(13-16-36)24-11-10-22-9-6-14-30-26(22)35-24;5-3(6,7)1(11)2(12)4(8,9)10/h3-5,7-8,10-11,19,21,25,31H,2,6,9,12-18H2,1H3,(H,30,35)(H,37,38)(H,32,33,34);/t25-;/m0./s1. The van der Waals surface area contributed by atoms with Crippen molar-refractivity contribution in [2.75, 3.05) is 41.7 Å². The lowest BCUT2D eigenvalue weighted by Gasteiger charge is -2.34. The predicted octanol–water partition coefficient (Wildman–Crippen LogP) is 5.08. The summed E-state index contributed by atoms with van der Waals surface area (Å²) in [5.74, 6) is -4.56. The number of aliphatic carboxylic acids is 1. The van der Waals surface area contributed by atoms with Crippen LogP contribution >= 0.6 is 0 Å². The van der Waals surface area contributed by atoms with Crippen molar-refractivity contribution in [2.24, 2.45) is 0 Å². The summed E-state index contributed by atoms with van der Waals surface area (Å²) in [5, 5.41) is 19.6. The minimum absolute atomic E-state index is 0.228. The molecule has 5 rings (SSSR count). The molecule has 50 heavy (non-hydrogen) atoms. The van der Waals surface area contributed by atoms with E-state index < -0.39 is 35.9 Å². The van der Waals surface area contributed by atoms with E-state index in [1.54, 1.807) is 6.33 Å². The number of nitrogens with one attached hydrogen (secondary N) is 3. The van der Waals surface area contributed by atoms with Crippen molar-refractivity contribution in [1.29, 1.82) is 0 Å². The number of carboxylic acids is 1. The number of hydrogen-bond donors (Lipinski definition) is 4. The second-order valence-corrected chi connectivity index (χ2v) is 11.7. The van der Waals surface area contributed by atoms with Gasteiger partial charge in [-0.1, -0.05) is 43.3 Å². The first-order chi connectivity index (χ1) is 23.7. The molecule has 2 aromatic heterocycles. The number of benzene rings is 1. The number of carbonyl (C=O) groups is 3. The van der Waals surface area contributed by atoms with E-state index in [1.165, 1.54) is 17.7 Å². The fourth-order valence-electron chi connectivity index (χ4n) is 5.65. The van der Waals surface area contributed by atoms with Crippen molar-refractivity contribution in [2.45, 2.75) is 69.9 Å². The van der Waals surface area contributed by atoms with Crippen molar-refractivity contribution >= 4 is 35.0 Å². The highest BCUT2D eigenvalue weighted by molar-refractivity contribution is 6.41. The minimum Gasteiger partial charge on any atom is -0.480 e. The first-order valence-electron chi connectivity index (χ1n) is 16.0. The Kier molecular flexibility index (Phi) is 12.7. The zero-order valence-corrected chi connectivity index (χ0v) is 27.1. The molecule has 2 aliphatic heterocycles. The van der Waals surface area contributed by atoms with Gasteiger partial charge in [-0.05, 0) is 49.3 Å². The highest BCUT2D eigenvalue weighted by Gasteiger charge is 2.54. The van der Waals surface area contributed by atoms with Gasteiger partial charge in [0.1, 0.15) is 29.8 Å². The summed E-state index contributed by atoms with van der Waals surface area (Å²) in [7, 11) is 0. The van der Waals surface area contributed by atoms with Gasteiger partial charge >= 0.3 is 29.9 Å². The van der Waals surface area contributed by atoms with Crippen LogP contribution in [-0.2, 0) is 33.8 Å². The molecule has 270 valence electrons. The molecule has 17 heteroatoms. The topological polar surface area (TPSA) is 149 Å². The van der Waals surface area contributed by atoms with E-state index in [9.17, 15) is 45.8 Å². The number of aryl methyl sites for hydroxylation is 1. The van der Waals surface area contributed by atoms with E-state index in [2.05, 4.69) is 49.9 Å². The van der Waals surface area contributed by atoms with Crippen LogP contribution < -0.4 is 20.9 Å². The average Bonchev–Trinajstić information content (AvgIpc) is 3.10. The predicted molar refractivity (Wildman–Crippen MR) is 172 cm³/mol. The van der Waals surface area contributed by atoms with Crippen LogP contribution in [0, 0.1) is 0 Å². The largest absolute Gasteiger partial charge is 0.480 e. The second-order valence-electron chi connectivity index (χ2n) is 11.7. The van der Waals surface area contributed by atoms with Crippen LogP contribution in [0.15, 0.2) is 48.8 Å². The quantitative estimate of drug-likeness (QED) is 0.156. The second kappa shape index (κ2) is 16.7. The number of halogens is 6. The third kappa shape index (κ3) is 10.1. The van der Waals surface area contributed by atoms with Crippen molar-refractivity contribution in [3.8, 4) is 0 Å². The molecular formula is C33H37F6N7O4. The molecule has 0 spiro atoms. The number of hydrogen-bond acceptors (Lipinski definition) is 10. The summed E-state index contributed by atoms with van der Waals surface area (Å²) in [6.45, 7) is 5.60. The summed E-state index contributed by atoms with van der Waals surface area (Å²) in [6, 6.07) is 13.5. The van der Waals surface area contributed by atoms with Gasteiger partial charge in [-0.3, -0.25) is 19.7 Å². The lowest BCUT2D eigenvalue weighted by molar-refractivity contribution is -0.193. The smallest absolute Gasteiger partial charge is 0.458 e. The highest BCUT2D eigenvalue weighted by Crippen LogP contribution is 2.33. The van der Waals surface area contributed by atoms with Crippen LogP contribution in [0.25, 0.3) is 0 Å². The molecule has 0 amide bonds. The molecule has 4 heterocycles. The van der Waals surface area contributed by atoms with Gasteiger partial charge in [0, 0.05) is 49.9 Å². The fraction of sp³-hybridized carbons (Fsp3) is 0.455. The number of rotatable bonds is 11. The number of pyridine rings is 1. The maximum absolute atomic E-state index is 11.9. The van der Waals surface area contributed by atoms with Crippen molar-refractivity contribution < 1.29 is 45.8 Å². The Hall–Kier alpha value is -4.80. The van der Waals surface area contributed by atoms with Crippen molar-refractivity contribution in [3.05, 3.63) is 71.2 Å². The summed E-state index contributed by atoms with van der Waals surface area (Å²) < 4.78 is 67.0. The molecule has 0 aliphatic carbocycles. The maximum Gasteiger partial charge on any atom is 0.458 e. The van der Waals surface area contributed by atoms with E-state index in [-0.39, 0.29) is 6.54 Å². The van der Waals surface area contributed by atoms with E-state index >= 15 is 0 Å². The van der Waals surface area contributed by atoms with Gasteiger partial charge < -0.3 is 20.6 Å². The number of ketones is 2. The minimum atomic E-state index is -5.77. The lowest BCUT2D eigenvalue weighted by atomic mass is 9.92. The molecule has 0 bridgehead atoms. The Morgan fingerprint density at radius 3 is 2.24 bits per heavy atom. The number of nitrogens with zero attached hydrogens (tertiary/aromatic N) is 4. The van der Waals surface area contributed by atoms with E-state index in [4.69, 9.17) is 4.98 Å². The molecule has 0 radical (unpaired) electrons. The molecule has 1 atom stereocenters. The van der Waals surface area contributed by atoms with Crippen LogP contribution in [0.2, 0.25) is 0 Å². The molecule has 1 fully saturated rings. The van der Waals surface area contributed by atoms with Crippen LogP contribution in [0.5, 0.6) is 0 Å². The molecule has 4 N–H and O–H groups in total. The number of fused-ring (bicyclic) bond motifs is 1. The van der Waals surface area contributed by atoms with E-state index in [0.29, 0.717) is 18.3 Å². The number of aromatic nitrogens is 3. The number of piperidine rings is 1. The average molecular weight is 710 g/mol. The molecule has 0 saturated carbocycles. The molecule has 1 saturated heterocycles. The normalized spacial score (nSPS) is 15.5. The zero-order chi connectivity index (χ0) is 36.5. The van der Waals surface area contributed by atoms with Gasteiger partial charge in [0.25, 0.3) is 0 Å². The molecule has 11 nitrogen and oxygen atoms in total. The highest BCUT2D eigenvalue weighted by atomic mass is 19.4. The van der Waals surface area contributed by atoms with Crippen LogP contribution in [0.1, 0.15) is 54.5 Å². The Bertz CT molecular complexity index is 1610. The Balaban J connectivity index is 0.000000402. The summed E-state index contributed by atoms with van der Waals surface area (Å²) in [6.07, 6.45) is -4.90. The fourth-order valence-corrected chi connectivity index (χ4v) is 5.65. The number of anilines is 3. The van der Waals surface area contributed by atoms with E-state index in [1.807, 2.05) is 30.3 Å². The van der Waals surface area contributed by atoms with Gasteiger partial charge in [0.2, 0.25) is 0 Å². The zero-order valence-electron chi connectivity index (χ0n) is 27.1. The molecule has 1 aromatic carbocycles. The molecule has 3 aromatic rings. The molecular weight excluding hydrogens is 672 g/mol. The van der Waals surface area contributed by atoms with Crippen molar-refractivity contribution in [3.63, 3.8) is 0 Å². The van der Waals surface area contributed by atoms with Crippen molar-refractivity contribution in [1.82, 2.24) is 20.3 Å². The van der Waals surface area contributed by atoms with Gasteiger partial charge in [-0.25, -0.2) is 15.0 Å². The molecule has 0 unspecified atom stereocenters. The van der Waals surface area contributed by atoms with Crippen LogP contribution in [0.4, 0.5) is 43.8 Å². The number of carboxylic acid groups (broad SMARTS) is 1. The summed E-state index contributed by atoms with van der Waals surface area (Å²) in [5.41, 5.74) is 4.57. The lowest BCUT2D eigenvalue weighted by Crippen LogP contribution is -2.42. The Morgan fingerprint density at radius 1 is 0.980 bits per heavy atom. The SMILES string of the molecule is CCc1c(NC[C@H](NCc2ccccc2)C(=O)O)ncnc1N1CCC(c2ccc3c(n2)NCCC3)CC1.O=C(C(=O)C(F)(F)F)C(F)(F)F. The maximum atomic E-state index is 11.9. The summed E-state index contributed by atoms with van der Waals surface area (Å²) >= 11 is 0. The first kappa shape index (κ1) is 38.0. The van der Waals surface area contributed by atoms with Gasteiger partial charge in [-0.2, -0.15) is 26.3 Å². The Morgan fingerprint density at radius 2 is 1.64 bits per heavy atom.